The van der Waals surface area contributed by atoms with Crippen molar-refractivity contribution in [1.82, 2.24) is 14.5 Å². The molecule has 0 atom stereocenters. The molecular weight excluding hydrogens is 434 g/mol. The largest absolute Gasteiger partial charge is 0.439 e. The van der Waals surface area contributed by atoms with E-state index in [-0.39, 0.29) is 29.4 Å². The normalized spacial score (nSPS) is 22.2. The molecule has 0 radical (unpaired) electrons. The van der Waals surface area contributed by atoms with Crippen molar-refractivity contribution >= 4 is 27.9 Å². The zero-order valence-corrected chi connectivity index (χ0v) is 19.0. The fraction of sp³-hybridized carbons (Fsp3) is 0.591. The van der Waals surface area contributed by atoms with Crippen LogP contribution in [0.1, 0.15) is 50.5 Å². The van der Waals surface area contributed by atoms with Crippen LogP contribution in [0.3, 0.4) is 0 Å². The number of rotatable bonds is 5. The van der Waals surface area contributed by atoms with E-state index in [1.807, 2.05) is 13.0 Å². The van der Waals surface area contributed by atoms with E-state index in [9.17, 15) is 22.8 Å². The first-order valence-electron chi connectivity index (χ1n) is 11.1. The summed E-state index contributed by atoms with van der Waals surface area (Å²) in [6, 6.07) is 6.35. The lowest BCUT2D eigenvalue weighted by atomic mass is 9.81. The third-order valence-electron chi connectivity index (χ3n) is 6.65. The Bertz CT molecular complexity index is 994. The van der Waals surface area contributed by atoms with E-state index in [4.69, 9.17) is 4.74 Å². The average molecular weight is 464 g/mol. The summed E-state index contributed by atoms with van der Waals surface area (Å²) in [6.45, 7) is 2.30. The van der Waals surface area contributed by atoms with Gasteiger partial charge >= 0.3 is 6.09 Å². The summed E-state index contributed by atoms with van der Waals surface area (Å²) in [5, 5.41) is 0. The van der Waals surface area contributed by atoms with Gasteiger partial charge in [-0.2, -0.15) is 4.72 Å². The van der Waals surface area contributed by atoms with Crippen molar-refractivity contribution < 1.29 is 27.5 Å². The van der Waals surface area contributed by atoms with Crippen molar-refractivity contribution in [2.24, 2.45) is 0 Å². The number of ether oxygens (including phenoxy) is 1. The number of likely N-dealkylation sites (tertiary alicyclic amines) is 1. The van der Waals surface area contributed by atoms with Crippen molar-refractivity contribution in [3.63, 3.8) is 0 Å². The first kappa shape index (κ1) is 22.7. The lowest BCUT2D eigenvalue weighted by Gasteiger charge is -2.42. The topological polar surface area (TPSA) is 113 Å². The van der Waals surface area contributed by atoms with Crippen LogP contribution in [0.25, 0.3) is 0 Å². The second-order valence-corrected chi connectivity index (χ2v) is 10.6. The van der Waals surface area contributed by atoms with Crippen LogP contribution in [0, 0.1) is 6.92 Å². The second kappa shape index (κ2) is 8.82. The first-order chi connectivity index (χ1) is 15.2. The minimum atomic E-state index is -3.87. The van der Waals surface area contributed by atoms with Crippen molar-refractivity contribution in [2.75, 3.05) is 19.7 Å². The molecule has 0 aromatic heterocycles. The minimum absolute atomic E-state index is 0.153. The van der Waals surface area contributed by atoms with Gasteiger partial charge in [-0.15, -0.1) is 0 Å². The van der Waals surface area contributed by atoms with Crippen LogP contribution >= 0.6 is 0 Å². The number of cyclic esters (lactones) is 1. The van der Waals surface area contributed by atoms with Gasteiger partial charge < -0.3 is 9.64 Å². The van der Waals surface area contributed by atoms with Gasteiger partial charge in [-0.05, 0) is 50.3 Å². The zero-order chi connectivity index (χ0) is 22.9. The maximum atomic E-state index is 13.6. The van der Waals surface area contributed by atoms with Gasteiger partial charge in [0.1, 0.15) is 5.54 Å². The molecule has 1 aromatic carbocycles. The molecule has 0 unspecified atom stereocenters. The first-order valence-corrected chi connectivity index (χ1v) is 12.6. The van der Waals surface area contributed by atoms with Gasteiger partial charge in [-0.3, -0.25) is 9.59 Å². The summed E-state index contributed by atoms with van der Waals surface area (Å²) in [7, 11) is -3.87. The Balaban J connectivity index is 1.50. The fourth-order valence-electron chi connectivity index (χ4n) is 4.96. The van der Waals surface area contributed by atoms with Gasteiger partial charge in [0.15, 0.2) is 6.61 Å². The Hall–Kier alpha value is -2.46. The summed E-state index contributed by atoms with van der Waals surface area (Å²) in [6.07, 6.45) is 3.68. The SMILES string of the molecule is Cc1cccc(S(=O)(=O)NC2(C(=O)N3CCC(N4C(=O)COC4=O)CC3)CCCCC2)c1. The van der Waals surface area contributed by atoms with Crippen LogP contribution < -0.4 is 4.72 Å². The Kier molecular flexibility index (Phi) is 6.26. The molecular formula is C22H29N3O6S. The molecule has 1 saturated carbocycles. The highest BCUT2D eigenvalue weighted by atomic mass is 32.2. The summed E-state index contributed by atoms with van der Waals surface area (Å²) < 4.78 is 33.9. The Morgan fingerprint density at radius 1 is 1.12 bits per heavy atom. The summed E-state index contributed by atoms with van der Waals surface area (Å²) in [5.74, 6) is -0.573. The maximum absolute atomic E-state index is 13.6. The molecule has 174 valence electrons. The van der Waals surface area contributed by atoms with Gasteiger partial charge in [-0.25, -0.2) is 18.1 Å². The molecule has 2 saturated heterocycles. The number of hydrogen-bond acceptors (Lipinski definition) is 6. The Labute approximate surface area is 188 Å². The predicted molar refractivity (Wildman–Crippen MR) is 115 cm³/mol. The summed E-state index contributed by atoms with van der Waals surface area (Å²) >= 11 is 0. The molecule has 3 amide bonds. The number of hydrogen-bond donors (Lipinski definition) is 1. The number of sulfonamides is 1. The molecule has 2 heterocycles. The highest BCUT2D eigenvalue weighted by Crippen LogP contribution is 2.33. The Morgan fingerprint density at radius 3 is 2.41 bits per heavy atom. The standard InChI is InChI=1S/C22H29N3O6S/c1-16-6-5-7-18(14-16)32(29,30)23-22(10-3-2-4-11-22)20(27)24-12-8-17(9-13-24)25-19(26)15-31-21(25)28/h5-7,14,17,23H,2-4,8-13,15H2,1H3. The van der Waals surface area contributed by atoms with Crippen LogP contribution in [0.4, 0.5) is 4.79 Å². The number of nitrogens with zero attached hydrogens (tertiary/aromatic N) is 2. The average Bonchev–Trinajstić information content (AvgIpc) is 3.11. The lowest BCUT2D eigenvalue weighted by Crippen LogP contribution is -2.62. The predicted octanol–water partition coefficient (Wildman–Crippen LogP) is 1.95. The third kappa shape index (κ3) is 4.38. The van der Waals surface area contributed by atoms with Crippen LogP contribution in [0.5, 0.6) is 0 Å². The van der Waals surface area contributed by atoms with E-state index in [1.165, 1.54) is 6.07 Å². The van der Waals surface area contributed by atoms with Crippen molar-refractivity contribution in [2.45, 2.75) is 68.3 Å². The van der Waals surface area contributed by atoms with Crippen LogP contribution in [0.15, 0.2) is 29.2 Å². The summed E-state index contributed by atoms with van der Waals surface area (Å²) in [5.41, 5.74) is -0.343. The molecule has 2 aliphatic heterocycles. The maximum Gasteiger partial charge on any atom is 0.417 e. The van der Waals surface area contributed by atoms with E-state index >= 15 is 0 Å². The highest BCUT2D eigenvalue weighted by molar-refractivity contribution is 7.89. The lowest BCUT2D eigenvalue weighted by molar-refractivity contribution is -0.140. The van der Waals surface area contributed by atoms with Gasteiger partial charge in [0, 0.05) is 19.1 Å². The van der Waals surface area contributed by atoms with Gasteiger partial charge in [-0.1, -0.05) is 31.4 Å². The number of carbonyl (C=O) groups excluding carboxylic acids is 3. The molecule has 3 aliphatic rings. The summed E-state index contributed by atoms with van der Waals surface area (Å²) in [4.78, 5) is 40.4. The van der Waals surface area contributed by atoms with E-state index < -0.39 is 21.7 Å². The minimum Gasteiger partial charge on any atom is -0.439 e. The molecule has 0 bridgehead atoms. The Morgan fingerprint density at radius 2 is 1.81 bits per heavy atom. The molecule has 3 fully saturated rings. The van der Waals surface area contributed by atoms with E-state index in [0.29, 0.717) is 38.8 Å². The molecule has 4 rings (SSSR count). The number of imide groups is 1. The molecule has 0 spiro atoms. The highest BCUT2D eigenvalue weighted by Gasteiger charge is 2.47. The molecule has 1 aromatic rings. The number of aryl methyl sites for hydroxylation is 1. The number of piperidine rings is 1. The quantitative estimate of drug-likeness (QED) is 0.714. The monoisotopic (exact) mass is 463 g/mol. The molecule has 10 heteroatoms. The molecule has 9 nitrogen and oxygen atoms in total. The molecule has 1 aliphatic carbocycles. The zero-order valence-electron chi connectivity index (χ0n) is 18.2. The number of nitrogens with one attached hydrogen (secondary N) is 1. The third-order valence-corrected chi connectivity index (χ3v) is 8.18. The van der Waals surface area contributed by atoms with E-state index in [2.05, 4.69) is 4.72 Å². The van der Waals surface area contributed by atoms with Crippen LogP contribution in [-0.2, 0) is 24.3 Å². The van der Waals surface area contributed by atoms with Crippen molar-refractivity contribution in [1.29, 1.82) is 0 Å². The van der Waals surface area contributed by atoms with Crippen LogP contribution in [0.2, 0.25) is 0 Å². The number of carbonyl (C=O) groups is 3. The molecule has 32 heavy (non-hydrogen) atoms. The van der Waals surface area contributed by atoms with Gasteiger partial charge in [0.05, 0.1) is 4.90 Å². The van der Waals surface area contributed by atoms with E-state index in [1.54, 1.807) is 17.0 Å². The fourth-order valence-corrected chi connectivity index (χ4v) is 6.48. The van der Waals surface area contributed by atoms with Crippen molar-refractivity contribution in [3.8, 4) is 0 Å². The number of amides is 3. The smallest absolute Gasteiger partial charge is 0.417 e. The van der Waals surface area contributed by atoms with E-state index in [0.717, 1.165) is 29.7 Å². The van der Waals surface area contributed by atoms with Crippen LogP contribution in [-0.4, -0.2) is 67.4 Å². The molecule has 1 N–H and O–H groups in total. The van der Waals surface area contributed by atoms with Gasteiger partial charge in [0.25, 0.3) is 5.91 Å². The second-order valence-electron chi connectivity index (χ2n) is 8.91. The number of benzene rings is 1. The van der Waals surface area contributed by atoms with Crippen molar-refractivity contribution in [3.05, 3.63) is 29.8 Å². The van der Waals surface area contributed by atoms with Gasteiger partial charge in [0.2, 0.25) is 15.9 Å².